The van der Waals surface area contributed by atoms with Gasteiger partial charge in [0.2, 0.25) is 0 Å². The second-order valence-corrected chi connectivity index (χ2v) is 8.89. The smallest absolute Gasteiger partial charge is 0.308 e. The second-order valence-electron chi connectivity index (χ2n) is 8.89. The van der Waals surface area contributed by atoms with Crippen molar-refractivity contribution in [2.24, 2.45) is 0 Å². The molecule has 1 fully saturated rings. The quantitative estimate of drug-likeness (QED) is 0.299. The summed E-state index contributed by atoms with van der Waals surface area (Å²) >= 11 is 0. The summed E-state index contributed by atoms with van der Waals surface area (Å²) in [5.41, 5.74) is 0.609. The predicted octanol–water partition coefficient (Wildman–Crippen LogP) is 0.361. The number of ether oxygens (including phenoxy) is 1. The van der Waals surface area contributed by atoms with Gasteiger partial charge in [-0.25, -0.2) is 0 Å². The third kappa shape index (κ3) is 7.35. The number of carbonyl (C=O) groups is 2. The van der Waals surface area contributed by atoms with Crippen LogP contribution < -0.4 is 29.3 Å². The summed E-state index contributed by atoms with van der Waals surface area (Å²) < 4.78 is 11.8. The van der Waals surface area contributed by atoms with Gasteiger partial charge in [-0.2, -0.15) is 0 Å². The third-order valence-electron chi connectivity index (χ3n) is 5.70. The Labute approximate surface area is 201 Å². The normalized spacial score (nSPS) is 19.8. The Bertz CT molecular complexity index is 865. The van der Waals surface area contributed by atoms with E-state index in [0.717, 1.165) is 42.5 Å². The summed E-state index contributed by atoms with van der Waals surface area (Å²) in [6.07, 6.45) is 3.45. The molecule has 7 heteroatoms. The highest BCUT2D eigenvalue weighted by Crippen LogP contribution is 2.28. The van der Waals surface area contributed by atoms with Crippen LogP contribution in [-0.4, -0.2) is 55.7 Å². The van der Waals surface area contributed by atoms with E-state index >= 15 is 0 Å². The van der Waals surface area contributed by atoms with Gasteiger partial charge in [0.1, 0.15) is 12.3 Å². The maximum absolute atomic E-state index is 13.0. The Morgan fingerprint density at radius 3 is 2.55 bits per heavy atom. The summed E-state index contributed by atoms with van der Waals surface area (Å²) in [6, 6.07) is 13.8. The monoisotopic (exact) mass is 540 g/mol. The number of aryl methyl sites for hydroxylation is 2. The molecule has 1 aliphatic heterocycles. The molecule has 1 saturated heterocycles. The molecule has 3 rings (SSSR count). The number of carbonyl (C=O) groups excluding carboxylic acids is 2. The van der Waals surface area contributed by atoms with Gasteiger partial charge in [0.25, 0.3) is 5.91 Å². The highest BCUT2D eigenvalue weighted by atomic mass is 127. The molecule has 2 aromatic rings. The fourth-order valence-corrected chi connectivity index (χ4v) is 4.45. The summed E-state index contributed by atoms with van der Waals surface area (Å²) in [6.45, 7) is 3.83. The van der Waals surface area contributed by atoms with Crippen LogP contribution >= 0.6 is 0 Å². The van der Waals surface area contributed by atoms with Crippen molar-refractivity contribution in [2.75, 3.05) is 33.8 Å². The molecule has 1 unspecified atom stereocenters. The fourth-order valence-electron chi connectivity index (χ4n) is 4.45. The van der Waals surface area contributed by atoms with Crippen molar-refractivity contribution < 1.29 is 47.2 Å². The van der Waals surface area contributed by atoms with E-state index in [-0.39, 0.29) is 48.0 Å². The van der Waals surface area contributed by atoms with E-state index in [1.165, 1.54) is 5.56 Å². The van der Waals surface area contributed by atoms with Crippen molar-refractivity contribution in [3.8, 4) is 0 Å². The lowest BCUT2D eigenvalue weighted by Crippen LogP contribution is -3.00. The van der Waals surface area contributed by atoms with Gasteiger partial charge in [0.15, 0.2) is 5.76 Å². The van der Waals surface area contributed by atoms with Gasteiger partial charge in [-0.3, -0.25) is 9.59 Å². The number of halogens is 1. The molecule has 170 valence electrons. The number of likely N-dealkylation sites (N-methyl/N-ethyl adjacent to an activating group) is 1. The SMILES string of the molecule is CCOC(=O)CC1(NC(=O)c2ccc(CCc3ccccc3)o2)CCC[N+](C)(C)C1.[I-]. The molecule has 0 bridgehead atoms. The molecule has 1 atom stereocenters. The fraction of sp³-hybridized carbons (Fsp3) is 0.500. The van der Waals surface area contributed by atoms with Crippen LogP contribution in [0.5, 0.6) is 0 Å². The van der Waals surface area contributed by atoms with Gasteiger partial charge in [-0.1, -0.05) is 30.3 Å². The zero-order valence-corrected chi connectivity index (χ0v) is 20.8. The number of quaternary nitrogens is 1. The van der Waals surface area contributed by atoms with Crippen LogP contribution in [0, 0.1) is 0 Å². The van der Waals surface area contributed by atoms with Gasteiger partial charge in [-0.05, 0) is 43.9 Å². The minimum atomic E-state index is -0.623. The van der Waals surface area contributed by atoms with Crippen molar-refractivity contribution >= 4 is 11.9 Å². The number of hydrogen-bond donors (Lipinski definition) is 1. The zero-order chi connectivity index (χ0) is 21.6. The number of amides is 1. The first kappa shape index (κ1) is 25.4. The first-order valence-corrected chi connectivity index (χ1v) is 10.7. The Balaban J connectivity index is 0.00000341. The number of furan rings is 1. The summed E-state index contributed by atoms with van der Waals surface area (Å²) in [5.74, 6) is 0.523. The van der Waals surface area contributed by atoms with Crippen LogP contribution in [0.1, 0.15) is 48.1 Å². The number of piperidine rings is 1. The van der Waals surface area contributed by atoms with E-state index in [1.54, 1.807) is 13.0 Å². The summed E-state index contributed by atoms with van der Waals surface area (Å²) in [5, 5.41) is 3.13. The standard InChI is InChI=1S/C24H32N2O4.HI/c1-4-29-22(27)17-24(15-8-16-26(2,3)18-24)25-23(28)21-14-13-20(30-21)12-11-19-9-6-5-7-10-19;/h5-7,9-10,13-14H,4,8,11-12,15-18H2,1-3H3;1H. The van der Waals surface area contributed by atoms with Crippen molar-refractivity contribution in [3.63, 3.8) is 0 Å². The van der Waals surface area contributed by atoms with E-state index in [0.29, 0.717) is 13.2 Å². The molecule has 1 N–H and O–H groups in total. The minimum absolute atomic E-state index is 0. The lowest BCUT2D eigenvalue weighted by Gasteiger charge is -2.45. The molecule has 1 aromatic carbocycles. The number of nitrogens with zero attached hydrogens (tertiary/aromatic N) is 1. The average molecular weight is 540 g/mol. The molecular weight excluding hydrogens is 507 g/mol. The van der Waals surface area contributed by atoms with Gasteiger partial charge < -0.3 is 42.9 Å². The van der Waals surface area contributed by atoms with Crippen LogP contribution in [0.4, 0.5) is 0 Å². The molecule has 31 heavy (non-hydrogen) atoms. The molecule has 0 radical (unpaired) electrons. The number of benzene rings is 1. The number of hydrogen-bond acceptors (Lipinski definition) is 4. The number of esters is 1. The van der Waals surface area contributed by atoms with Crippen molar-refractivity contribution in [1.82, 2.24) is 5.32 Å². The van der Waals surface area contributed by atoms with Gasteiger partial charge in [0, 0.05) is 6.42 Å². The molecule has 1 aliphatic rings. The topological polar surface area (TPSA) is 68.5 Å². The van der Waals surface area contributed by atoms with E-state index in [9.17, 15) is 9.59 Å². The zero-order valence-electron chi connectivity index (χ0n) is 18.7. The highest BCUT2D eigenvalue weighted by Gasteiger charge is 2.44. The van der Waals surface area contributed by atoms with Crippen LogP contribution in [0.15, 0.2) is 46.9 Å². The Hall–Kier alpha value is -1.87. The molecule has 2 heterocycles. The molecule has 1 aromatic heterocycles. The van der Waals surface area contributed by atoms with Crippen LogP contribution in [0.3, 0.4) is 0 Å². The van der Waals surface area contributed by atoms with Crippen molar-refractivity contribution in [1.29, 1.82) is 0 Å². The Morgan fingerprint density at radius 2 is 1.87 bits per heavy atom. The van der Waals surface area contributed by atoms with Crippen molar-refractivity contribution in [2.45, 2.75) is 44.6 Å². The van der Waals surface area contributed by atoms with E-state index in [1.807, 2.05) is 24.3 Å². The largest absolute Gasteiger partial charge is 1.00 e. The molecular formula is C24H33IN2O4. The molecule has 6 nitrogen and oxygen atoms in total. The summed E-state index contributed by atoms with van der Waals surface area (Å²) in [7, 11) is 4.25. The summed E-state index contributed by atoms with van der Waals surface area (Å²) in [4.78, 5) is 25.3. The predicted molar refractivity (Wildman–Crippen MR) is 115 cm³/mol. The van der Waals surface area contributed by atoms with E-state index < -0.39 is 5.54 Å². The molecule has 0 saturated carbocycles. The van der Waals surface area contributed by atoms with Gasteiger partial charge in [0.05, 0.1) is 39.2 Å². The van der Waals surface area contributed by atoms with Crippen molar-refractivity contribution in [3.05, 3.63) is 59.5 Å². The van der Waals surface area contributed by atoms with E-state index in [2.05, 4.69) is 31.5 Å². The maximum atomic E-state index is 13.0. The number of rotatable bonds is 8. The lowest BCUT2D eigenvalue weighted by molar-refractivity contribution is -0.899. The molecule has 1 amide bonds. The maximum Gasteiger partial charge on any atom is 0.308 e. The first-order valence-electron chi connectivity index (χ1n) is 10.7. The van der Waals surface area contributed by atoms with Gasteiger partial charge >= 0.3 is 5.97 Å². The van der Waals surface area contributed by atoms with Crippen LogP contribution in [-0.2, 0) is 22.4 Å². The lowest BCUT2D eigenvalue weighted by atomic mass is 9.84. The first-order chi connectivity index (χ1) is 14.3. The van der Waals surface area contributed by atoms with E-state index in [4.69, 9.17) is 9.15 Å². The molecule has 0 spiro atoms. The Morgan fingerprint density at radius 1 is 1.13 bits per heavy atom. The minimum Gasteiger partial charge on any atom is -1.00 e. The average Bonchev–Trinajstić information content (AvgIpc) is 3.15. The number of likely N-dealkylation sites (tertiary alicyclic amines) is 1. The van der Waals surface area contributed by atoms with Gasteiger partial charge in [-0.15, -0.1) is 0 Å². The van der Waals surface area contributed by atoms with Crippen LogP contribution in [0.2, 0.25) is 0 Å². The van der Waals surface area contributed by atoms with Crippen LogP contribution in [0.25, 0.3) is 0 Å². The Kier molecular flexibility index (Phi) is 9.12. The third-order valence-corrected chi connectivity index (χ3v) is 5.70. The number of nitrogens with one attached hydrogen (secondary N) is 1. The molecule has 0 aliphatic carbocycles. The highest BCUT2D eigenvalue weighted by molar-refractivity contribution is 5.92. The second kappa shape index (κ2) is 11.1.